The lowest BCUT2D eigenvalue weighted by atomic mass is 9.75. The first-order valence-corrected chi connectivity index (χ1v) is 8.24. The lowest BCUT2D eigenvalue weighted by Gasteiger charge is -2.38. The summed E-state index contributed by atoms with van der Waals surface area (Å²) >= 11 is 0. The molecule has 2 atom stereocenters. The van der Waals surface area contributed by atoms with Gasteiger partial charge in [0.25, 0.3) is 5.91 Å². The highest BCUT2D eigenvalue weighted by Crippen LogP contribution is 2.33. The summed E-state index contributed by atoms with van der Waals surface area (Å²) in [4.78, 5) is 23.2. The Morgan fingerprint density at radius 2 is 1.23 bits per heavy atom. The van der Waals surface area contributed by atoms with E-state index in [0.29, 0.717) is 12.8 Å². The van der Waals surface area contributed by atoms with Gasteiger partial charge in [-0.3, -0.25) is 4.79 Å². The van der Waals surface area contributed by atoms with Crippen LogP contribution in [0.4, 0.5) is 0 Å². The zero-order valence-electron chi connectivity index (χ0n) is 13.8. The number of carboxylic acid groups (broad SMARTS) is 1. The summed E-state index contributed by atoms with van der Waals surface area (Å²) in [6.45, 7) is 4.03. The number of nitrogens with two attached hydrogens (primary N) is 1. The van der Waals surface area contributed by atoms with Crippen LogP contribution in [0.1, 0.15) is 78.1 Å². The van der Waals surface area contributed by atoms with Gasteiger partial charge in [-0.1, -0.05) is 52.4 Å². The van der Waals surface area contributed by atoms with E-state index in [4.69, 9.17) is 5.73 Å². The largest absolute Gasteiger partial charge is 0.479 e. The normalized spacial score (nSPS) is 16.7. The van der Waals surface area contributed by atoms with E-state index in [1.165, 1.54) is 0 Å². The van der Waals surface area contributed by atoms with E-state index in [1.807, 2.05) is 13.8 Å². The molecule has 1 amide bonds. The molecule has 0 aliphatic rings. The molecule has 5 N–H and O–H groups in total. The first-order valence-electron chi connectivity index (χ1n) is 8.24. The van der Waals surface area contributed by atoms with Crippen molar-refractivity contribution in [1.82, 2.24) is 0 Å². The van der Waals surface area contributed by atoms with Gasteiger partial charge in [0.15, 0.2) is 11.2 Å². The molecule has 0 aromatic heterocycles. The first kappa shape index (κ1) is 20.9. The molecule has 2 unspecified atom stereocenters. The molecule has 0 aliphatic heterocycles. The van der Waals surface area contributed by atoms with Crippen molar-refractivity contribution in [1.29, 1.82) is 0 Å². The zero-order valence-corrected chi connectivity index (χ0v) is 13.8. The molecular formula is C16H31NO5. The van der Waals surface area contributed by atoms with E-state index >= 15 is 0 Å². The number of carboxylic acids is 1. The molecule has 0 aromatic rings. The van der Waals surface area contributed by atoms with Crippen LogP contribution in [0.25, 0.3) is 0 Å². The minimum Gasteiger partial charge on any atom is -0.479 e. The van der Waals surface area contributed by atoms with Gasteiger partial charge >= 0.3 is 5.97 Å². The summed E-state index contributed by atoms with van der Waals surface area (Å²) in [6, 6.07) is 0. The molecule has 0 radical (unpaired) electrons. The van der Waals surface area contributed by atoms with Gasteiger partial charge < -0.3 is 21.1 Å². The second kappa shape index (κ2) is 9.79. The Labute approximate surface area is 132 Å². The molecule has 0 saturated carbocycles. The van der Waals surface area contributed by atoms with Crippen LogP contribution in [0.2, 0.25) is 0 Å². The average molecular weight is 317 g/mol. The molecule has 0 saturated heterocycles. The molecule has 22 heavy (non-hydrogen) atoms. The predicted octanol–water partition coefficient (Wildman–Crippen LogP) is 1.96. The summed E-state index contributed by atoms with van der Waals surface area (Å²) in [5.41, 5.74) is 0.267. The van der Waals surface area contributed by atoms with Crippen molar-refractivity contribution >= 4 is 11.9 Å². The fourth-order valence-electron chi connectivity index (χ4n) is 2.64. The fraction of sp³-hybridized carbons (Fsp3) is 0.875. The molecule has 0 aliphatic carbocycles. The number of unbranched alkanes of at least 4 members (excludes halogenated alkanes) is 6. The van der Waals surface area contributed by atoms with Crippen molar-refractivity contribution in [2.24, 2.45) is 5.73 Å². The van der Waals surface area contributed by atoms with Crippen LogP contribution >= 0.6 is 0 Å². The number of hydrogen-bond acceptors (Lipinski definition) is 4. The van der Waals surface area contributed by atoms with Crippen LogP contribution < -0.4 is 5.73 Å². The Morgan fingerprint density at radius 1 is 0.818 bits per heavy atom. The molecule has 6 heteroatoms. The van der Waals surface area contributed by atoms with Crippen LogP contribution in [0.15, 0.2) is 0 Å². The van der Waals surface area contributed by atoms with E-state index in [0.717, 1.165) is 38.5 Å². The molecule has 0 spiro atoms. The Balaban J connectivity index is 5.06. The van der Waals surface area contributed by atoms with Crippen molar-refractivity contribution in [3.63, 3.8) is 0 Å². The van der Waals surface area contributed by atoms with E-state index in [2.05, 4.69) is 0 Å². The lowest BCUT2D eigenvalue weighted by Crippen LogP contribution is -2.65. The van der Waals surface area contributed by atoms with Crippen molar-refractivity contribution in [2.75, 3.05) is 0 Å². The Morgan fingerprint density at radius 3 is 1.55 bits per heavy atom. The molecule has 0 fully saturated rings. The van der Waals surface area contributed by atoms with Gasteiger partial charge in [-0.2, -0.15) is 0 Å². The standard InChI is InChI=1S/C16H31NO5/c1-3-5-7-9-11-15(21,13(17)18)16(22,14(19)20)12-10-8-6-4-2/h21-22H,3-12H2,1-2H3,(H2,17,18)(H,19,20). The summed E-state index contributed by atoms with van der Waals surface area (Å²) in [5, 5.41) is 30.4. The quantitative estimate of drug-likeness (QED) is 0.387. The zero-order chi connectivity index (χ0) is 17.2. The van der Waals surface area contributed by atoms with Crippen molar-refractivity contribution in [2.45, 2.75) is 89.3 Å². The third-order valence-corrected chi connectivity index (χ3v) is 4.23. The van der Waals surface area contributed by atoms with Crippen LogP contribution in [0.5, 0.6) is 0 Å². The van der Waals surface area contributed by atoms with Gasteiger partial charge in [0.1, 0.15) is 0 Å². The monoisotopic (exact) mass is 317 g/mol. The molecule has 130 valence electrons. The maximum atomic E-state index is 11.7. The molecule has 0 heterocycles. The minimum atomic E-state index is -2.53. The van der Waals surface area contributed by atoms with E-state index in [1.54, 1.807) is 0 Å². The molecule has 6 nitrogen and oxygen atoms in total. The highest BCUT2D eigenvalue weighted by molar-refractivity contribution is 5.93. The van der Waals surface area contributed by atoms with E-state index in [9.17, 15) is 24.9 Å². The van der Waals surface area contributed by atoms with Crippen molar-refractivity contribution in [3.05, 3.63) is 0 Å². The van der Waals surface area contributed by atoms with E-state index in [-0.39, 0.29) is 12.8 Å². The summed E-state index contributed by atoms with van der Waals surface area (Å²) in [5.74, 6) is -2.77. The van der Waals surface area contributed by atoms with Crippen LogP contribution in [-0.2, 0) is 9.59 Å². The van der Waals surface area contributed by atoms with Gasteiger partial charge in [0.2, 0.25) is 0 Å². The van der Waals surface area contributed by atoms with Crippen molar-refractivity contribution < 1.29 is 24.9 Å². The number of hydrogen-bond donors (Lipinski definition) is 4. The highest BCUT2D eigenvalue weighted by atomic mass is 16.4. The average Bonchev–Trinajstić information content (AvgIpc) is 2.47. The Bertz CT molecular complexity index is 326. The number of carbonyl (C=O) groups excluding carboxylic acids is 1. The predicted molar refractivity (Wildman–Crippen MR) is 84.2 cm³/mol. The van der Waals surface area contributed by atoms with Crippen LogP contribution in [0, 0.1) is 0 Å². The number of rotatable bonds is 13. The van der Waals surface area contributed by atoms with Gasteiger partial charge in [-0.25, -0.2) is 4.79 Å². The maximum Gasteiger partial charge on any atom is 0.339 e. The lowest BCUT2D eigenvalue weighted by molar-refractivity contribution is -0.199. The van der Waals surface area contributed by atoms with Gasteiger partial charge in [-0.05, 0) is 25.7 Å². The maximum absolute atomic E-state index is 11.7. The molecule has 0 rings (SSSR count). The van der Waals surface area contributed by atoms with Gasteiger partial charge in [-0.15, -0.1) is 0 Å². The van der Waals surface area contributed by atoms with E-state index < -0.39 is 23.1 Å². The molecule has 0 bridgehead atoms. The number of aliphatic carboxylic acids is 1. The smallest absolute Gasteiger partial charge is 0.339 e. The topological polar surface area (TPSA) is 121 Å². The third kappa shape index (κ3) is 5.25. The molecule has 0 aromatic carbocycles. The summed E-state index contributed by atoms with van der Waals surface area (Å²) < 4.78 is 0. The second-order valence-corrected chi connectivity index (χ2v) is 6.01. The number of primary amides is 1. The van der Waals surface area contributed by atoms with Gasteiger partial charge in [0.05, 0.1) is 0 Å². The number of carbonyl (C=O) groups is 2. The van der Waals surface area contributed by atoms with Crippen LogP contribution in [-0.4, -0.2) is 38.4 Å². The molecular weight excluding hydrogens is 286 g/mol. The fourth-order valence-corrected chi connectivity index (χ4v) is 2.64. The van der Waals surface area contributed by atoms with Gasteiger partial charge in [0, 0.05) is 0 Å². The Hall–Kier alpha value is -1.14. The second-order valence-electron chi connectivity index (χ2n) is 6.01. The number of aliphatic hydroxyl groups is 2. The third-order valence-electron chi connectivity index (χ3n) is 4.23. The summed E-state index contributed by atoms with van der Waals surface area (Å²) in [6.07, 6.45) is 5.76. The SMILES string of the molecule is CCCCCCC(O)(C(N)=O)C(O)(CCCCCC)C(=O)O. The summed E-state index contributed by atoms with van der Waals surface area (Å²) in [7, 11) is 0. The van der Waals surface area contributed by atoms with Crippen LogP contribution in [0.3, 0.4) is 0 Å². The highest BCUT2D eigenvalue weighted by Gasteiger charge is 2.58. The first-order chi connectivity index (χ1) is 10.3. The Kier molecular flexibility index (Phi) is 9.28. The number of amides is 1. The minimum absolute atomic E-state index is 0.140. The van der Waals surface area contributed by atoms with Crippen molar-refractivity contribution in [3.8, 4) is 0 Å².